The van der Waals surface area contributed by atoms with Crippen molar-refractivity contribution in [3.8, 4) is 0 Å². The highest BCUT2D eigenvalue weighted by atomic mass is 32.2. The first-order valence-electron chi connectivity index (χ1n) is 10.5. The normalized spacial score (nSPS) is 16.5. The number of likely N-dealkylation sites (N-methyl/N-ethyl adjacent to an activating group) is 1. The van der Waals surface area contributed by atoms with Gasteiger partial charge in [0.2, 0.25) is 0 Å². The maximum absolute atomic E-state index is 5.93. The summed E-state index contributed by atoms with van der Waals surface area (Å²) in [5.41, 5.74) is 15.2. The molecule has 0 unspecified atom stereocenters. The minimum atomic E-state index is 0.282. The molecular weight excluding hydrogens is 426 g/mol. The van der Waals surface area contributed by atoms with Crippen LogP contribution in [0.15, 0.2) is 40.6 Å². The highest BCUT2D eigenvalue weighted by Gasteiger charge is 2.09. The maximum Gasteiger partial charge on any atom is 0.168 e. The van der Waals surface area contributed by atoms with E-state index in [1.54, 1.807) is 13.1 Å². The third kappa shape index (κ3) is 7.16. The maximum atomic E-state index is 5.93. The summed E-state index contributed by atoms with van der Waals surface area (Å²) in [4.78, 5) is 19.7. The first-order valence-corrected chi connectivity index (χ1v) is 11.3. The van der Waals surface area contributed by atoms with Crippen molar-refractivity contribution < 1.29 is 4.74 Å². The van der Waals surface area contributed by atoms with Crippen molar-refractivity contribution in [1.82, 2.24) is 25.5 Å². The molecule has 0 radical (unpaired) electrons. The van der Waals surface area contributed by atoms with Gasteiger partial charge >= 0.3 is 0 Å². The monoisotopic (exact) mass is 457 g/mol. The fraction of sp³-hybridized carbons (Fsp3) is 0.429. The SMILES string of the molecule is CN=C(N)SC(N)=Nc1ccc2ncc(/C(=C/NCCN3CCOCC3)CNC)cc2n1. The molecule has 0 aromatic carbocycles. The van der Waals surface area contributed by atoms with Gasteiger partial charge in [0.25, 0.3) is 0 Å². The van der Waals surface area contributed by atoms with Crippen molar-refractivity contribution in [3.63, 3.8) is 0 Å². The number of aliphatic imine (C=N–C) groups is 2. The average molecular weight is 458 g/mol. The smallest absolute Gasteiger partial charge is 0.168 e. The summed E-state index contributed by atoms with van der Waals surface area (Å²) >= 11 is 1.10. The van der Waals surface area contributed by atoms with E-state index in [0.717, 1.165) is 73.3 Å². The van der Waals surface area contributed by atoms with Crippen LogP contribution in [0.2, 0.25) is 0 Å². The number of nitrogens with zero attached hydrogens (tertiary/aromatic N) is 5. The Balaban J connectivity index is 1.73. The summed E-state index contributed by atoms with van der Waals surface area (Å²) in [6, 6.07) is 5.67. The number of rotatable bonds is 8. The van der Waals surface area contributed by atoms with E-state index in [4.69, 9.17) is 16.2 Å². The number of amidine groups is 2. The fourth-order valence-corrected chi connectivity index (χ4v) is 3.64. The Labute approximate surface area is 192 Å². The molecule has 6 N–H and O–H groups in total. The van der Waals surface area contributed by atoms with Gasteiger partial charge in [-0.05, 0) is 42.6 Å². The lowest BCUT2D eigenvalue weighted by Crippen LogP contribution is -2.39. The predicted octanol–water partition coefficient (Wildman–Crippen LogP) is 0.736. The summed E-state index contributed by atoms with van der Waals surface area (Å²) in [7, 11) is 3.53. The van der Waals surface area contributed by atoms with Crippen LogP contribution in [0.5, 0.6) is 0 Å². The van der Waals surface area contributed by atoms with E-state index >= 15 is 0 Å². The molecule has 0 aliphatic carbocycles. The molecule has 2 aromatic heterocycles. The highest BCUT2D eigenvalue weighted by molar-refractivity contribution is 8.26. The number of hydrogen-bond donors (Lipinski definition) is 4. The number of ether oxygens (including phenoxy) is 1. The molecular formula is C21H31N9OS. The average Bonchev–Trinajstić information content (AvgIpc) is 2.81. The van der Waals surface area contributed by atoms with Gasteiger partial charge in [-0.3, -0.25) is 14.9 Å². The van der Waals surface area contributed by atoms with Gasteiger partial charge in [0.05, 0.1) is 24.2 Å². The molecule has 11 heteroatoms. The molecule has 1 aliphatic rings. The summed E-state index contributed by atoms with van der Waals surface area (Å²) < 4.78 is 5.40. The molecule has 1 saturated heterocycles. The lowest BCUT2D eigenvalue weighted by molar-refractivity contribution is 0.0388. The van der Waals surface area contributed by atoms with E-state index in [0.29, 0.717) is 17.5 Å². The Bertz CT molecular complexity index is 986. The van der Waals surface area contributed by atoms with Crippen LogP contribution in [-0.4, -0.2) is 85.2 Å². The van der Waals surface area contributed by atoms with Crippen molar-refractivity contribution in [2.75, 3.05) is 60.0 Å². The van der Waals surface area contributed by atoms with Gasteiger partial charge in [-0.25, -0.2) is 9.98 Å². The summed E-state index contributed by atoms with van der Waals surface area (Å²) in [6.45, 7) is 6.15. The molecule has 3 rings (SSSR count). The van der Waals surface area contributed by atoms with Crippen LogP contribution in [0.4, 0.5) is 5.82 Å². The lowest BCUT2D eigenvalue weighted by Gasteiger charge is -2.26. The molecule has 1 aliphatic heterocycles. The minimum Gasteiger partial charge on any atom is -0.389 e. The standard InChI is InChI=1S/C21H31N9OS/c1-24-12-16(13-26-5-6-30-7-9-31-10-8-30)15-11-18-17(27-14-15)3-4-19(28-18)29-21(23)32-20(22)25-2/h3-4,11,13-14,24,26H,5-10,12H2,1-2H3,(H2,22,25)(H2,23,28,29)/b16-13+. The second-order valence-electron chi connectivity index (χ2n) is 7.15. The van der Waals surface area contributed by atoms with Gasteiger partial charge in [-0.15, -0.1) is 0 Å². The van der Waals surface area contributed by atoms with E-state index in [2.05, 4.69) is 35.5 Å². The van der Waals surface area contributed by atoms with E-state index in [1.165, 1.54) is 0 Å². The number of thioether (sulfide) groups is 1. The van der Waals surface area contributed by atoms with Crippen LogP contribution >= 0.6 is 11.8 Å². The summed E-state index contributed by atoms with van der Waals surface area (Å²) in [6.07, 6.45) is 3.91. The highest BCUT2D eigenvalue weighted by Crippen LogP contribution is 2.21. The Morgan fingerprint density at radius 2 is 2.06 bits per heavy atom. The largest absolute Gasteiger partial charge is 0.389 e. The summed E-state index contributed by atoms with van der Waals surface area (Å²) in [5.74, 6) is 0.494. The van der Waals surface area contributed by atoms with Gasteiger partial charge in [0.15, 0.2) is 16.2 Å². The van der Waals surface area contributed by atoms with Crippen molar-refractivity contribution in [1.29, 1.82) is 0 Å². The molecule has 0 amide bonds. The third-order valence-electron chi connectivity index (χ3n) is 4.87. The Morgan fingerprint density at radius 1 is 1.25 bits per heavy atom. The van der Waals surface area contributed by atoms with Gasteiger partial charge < -0.3 is 26.8 Å². The molecule has 1 fully saturated rings. The fourth-order valence-electron chi connectivity index (χ4n) is 3.19. The topological polar surface area (TPSA) is 139 Å². The predicted molar refractivity (Wildman–Crippen MR) is 133 cm³/mol. The molecule has 3 heterocycles. The number of pyridine rings is 2. The van der Waals surface area contributed by atoms with E-state index in [-0.39, 0.29) is 5.17 Å². The number of nitrogens with one attached hydrogen (secondary N) is 2. The Morgan fingerprint density at radius 3 is 2.81 bits per heavy atom. The van der Waals surface area contributed by atoms with Crippen LogP contribution in [0, 0.1) is 0 Å². The zero-order chi connectivity index (χ0) is 22.8. The van der Waals surface area contributed by atoms with Crippen LogP contribution in [-0.2, 0) is 4.74 Å². The zero-order valence-electron chi connectivity index (χ0n) is 18.5. The van der Waals surface area contributed by atoms with E-state index < -0.39 is 0 Å². The van der Waals surface area contributed by atoms with Gasteiger partial charge in [0, 0.05) is 57.7 Å². The zero-order valence-corrected chi connectivity index (χ0v) is 19.4. The second-order valence-corrected chi connectivity index (χ2v) is 8.19. The van der Waals surface area contributed by atoms with E-state index in [1.807, 2.05) is 31.6 Å². The summed E-state index contributed by atoms with van der Waals surface area (Å²) in [5, 5.41) is 7.27. The van der Waals surface area contributed by atoms with Crippen molar-refractivity contribution >= 4 is 44.5 Å². The van der Waals surface area contributed by atoms with Crippen LogP contribution in [0.1, 0.15) is 5.56 Å². The quantitative estimate of drug-likeness (QED) is 0.257. The van der Waals surface area contributed by atoms with Crippen molar-refractivity contribution in [3.05, 3.63) is 36.2 Å². The van der Waals surface area contributed by atoms with Crippen molar-refractivity contribution in [2.24, 2.45) is 21.5 Å². The minimum absolute atomic E-state index is 0.282. The second kappa shape index (κ2) is 12.3. The molecule has 0 spiro atoms. The van der Waals surface area contributed by atoms with Gasteiger partial charge in [-0.1, -0.05) is 0 Å². The number of nitrogens with two attached hydrogens (primary N) is 2. The van der Waals surface area contributed by atoms with Crippen molar-refractivity contribution in [2.45, 2.75) is 0 Å². The van der Waals surface area contributed by atoms with Gasteiger partial charge in [0.1, 0.15) is 0 Å². The molecule has 0 bridgehead atoms. The number of fused-ring (bicyclic) bond motifs is 1. The molecule has 32 heavy (non-hydrogen) atoms. The first kappa shape index (κ1) is 23.9. The molecule has 0 atom stereocenters. The van der Waals surface area contributed by atoms with Crippen LogP contribution in [0.25, 0.3) is 16.6 Å². The Hall–Kier alpha value is -2.73. The first-order chi connectivity index (χ1) is 15.6. The van der Waals surface area contributed by atoms with Gasteiger partial charge in [-0.2, -0.15) is 0 Å². The number of hydrogen-bond acceptors (Lipinski definition) is 9. The number of morpholine rings is 1. The molecule has 0 saturated carbocycles. The lowest BCUT2D eigenvalue weighted by atomic mass is 10.1. The Kier molecular flexibility index (Phi) is 9.23. The number of aromatic nitrogens is 2. The molecule has 172 valence electrons. The van der Waals surface area contributed by atoms with Crippen LogP contribution < -0.4 is 22.1 Å². The molecule has 2 aromatic rings. The van der Waals surface area contributed by atoms with Crippen LogP contribution in [0.3, 0.4) is 0 Å². The third-order valence-corrected chi connectivity index (χ3v) is 5.56. The molecule has 10 nitrogen and oxygen atoms in total. The van der Waals surface area contributed by atoms with E-state index in [9.17, 15) is 0 Å².